The zero-order valence-electron chi connectivity index (χ0n) is 26.3. The minimum atomic E-state index is -5.30. The summed E-state index contributed by atoms with van der Waals surface area (Å²) in [6.45, 7) is 1.91. The molecular weight excluding hydrogens is 710 g/mol. The molecule has 2 aromatic rings. The third kappa shape index (κ3) is 8.79. The standard InChI is InChI=1S/C35H33F12P2/c1-21(48(26-9-4-2-5-10-26)27-11-6-3-7-12-27)30-13-8-14-31(30)49(28-17-22(32(36,37)38)15-23(18-28)33(39,40)41)29-19-24(34(42,43)44)16-25(20-29)35(45,46)47/h8,15-21,26-27H,2-7,9-12H2,1H3/t21-/m1/s1. The van der Waals surface area contributed by atoms with Crippen molar-refractivity contribution >= 4 is 26.5 Å². The van der Waals surface area contributed by atoms with Gasteiger partial charge >= 0.3 is 24.7 Å². The molecule has 2 fully saturated rings. The molecule has 0 saturated heterocycles. The summed E-state index contributed by atoms with van der Waals surface area (Å²) in [5.74, 6) is 0. The van der Waals surface area contributed by atoms with Crippen molar-refractivity contribution < 1.29 is 52.7 Å². The fourth-order valence-electron chi connectivity index (χ4n) is 7.21. The van der Waals surface area contributed by atoms with E-state index in [0.29, 0.717) is 41.2 Å². The summed E-state index contributed by atoms with van der Waals surface area (Å²) in [5.41, 5.74) is -3.34. The number of hydrogen-bond donors (Lipinski definition) is 0. The van der Waals surface area contributed by atoms with E-state index in [0.717, 1.165) is 64.2 Å². The predicted molar refractivity (Wildman–Crippen MR) is 168 cm³/mol. The lowest BCUT2D eigenvalue weighted by Crippen LogP contribution is -2.28. The summed E-state index contributed by atoms with van der Waals surface area (Å²) in [4.78, 5) is 0. The first-order valence-electron chi connectivity index (χ1n) is 16.0. The van der Waals surface area contributed by atoms with Crippen molar-refractivity contribution in [2.24, 2.45) is 0 Å². The second-order valence-corrected chi connectivity index (χ2v) is 18.0. The maximum Gasteiger partial charge on any atom is 0.416 e. The first-order chi connectivity index (χ1) is 22.7. The zero-order valence-corrected chi connectivity index (χ0v) is 28.1. The maximum absolute atomic E-state index is 14.0. The van der Waals surface area contributed by atoms with Gasteiger partial charge in [0.2, 0.25) is 0 Å². The normalized spacial score (nSPS) is 19.5. The molecule has 0 bridgehead atoms. The molecule has 0 unspecified atom stereocenters. The zero-order chi connectivity index (χ0) is 35.9. The average molecular weight is 744 g/mol. The molecule has 2 saturated carbocycles. The third-order valence-corrected chi connectivity index (χ3v) is 15.7. The molecule has 0 spiro atoms. The molecule has 0 amide bonds. The van der Waals surface area contributed by atoms with Gasteiger partial charge in [-0.3, -0.25) is 0 Å². The van der Waals surface area contributed by atoms with Crippen LogP contribution >= 0.6 is 15.8 Å². The van der Waals surface area contributed by atoms with Crippen LogP contribution in [0.25, 0.3) is 0 Å². The molecule has 5 rings (SSSR count). The van der Waals surface area contributed by atoms with Gasteiger partial charge in [0.05, 0.1) is 22.3 Å². The summed E-state index contributed by atoms with van der Waals surface area (Å²) in [6.07, 6.45) is -6.86. The third-order valence-electron chi connectivity index (χ3n) is 9.43. The Kier molecular flexibility index (Phi) is 11.1. The highest BCUT2D eigenvalue weighted by Gasteiger charge is 2.43. The number of hydrogen-bond acceptors (Lipinski definition) is 0. The Balaban J connectivity index is 1.73. The molecule has 267 valence electrons. The maximum atomic E-state index is 14.0. The largest absolute Gasteiger partial charge is 0.416 e. The molecule has 3 aliphatic rings. The number of halogens is 12. The van der Waals surface area contributed by atoms with Crippen LogP contribution in [-0.4, -0.2) is 17.0 Å². The van der Waals surface area contributed by atoms with E-state index in [1.54, 1.807) is 0 Å². The lowest BCUT2D eigenvalue weighted by molar-refractivity contribution is -0.144. The predicted octanol–water partition coefficient (Wildman–Crippen LogP) is 12.5. The van der Waals surface area contributed by atoms with Gasteiger partial charge in [0.25, 0.3) is 0 Å². The molecule has 0 aromatic heterocycles. The van der Waals surface area contributed by atoms with Crippen molar-refractivity contribution in [2.75, 3.05) is 0 Å². The van der Waals surface area contributed by atoms with Gasteiger partial charge in [-0.1, -0.05) is 53.4 Å². The van der Waals surface area contributed by atoms with E-state index < -0.39 is 73.4 Å². The summed E-state index contributed by atoms with van der Waals surface area (Å²) in [6, 6.07) is 1.37. The minimum Gasteiger partial charge on any atom is -0.166 e. The van der Waals surface area contributed by atoms with Crippen LogP contribution in [0.1, 0.15) is 93.4 Å². The monoisotopic (exact) mass is 743 g/mol. The molecule has 49 heavy (non-hydrogen) atoms. The molecule has 3 aliphatic carbocycles. The summed E-state index contributed by atoms with van der Waals surface area (Å²) >= 11 is 0. The second-order valence-electron chi connectivity index (χ2n) is 12.8. The molecule has 0 nitrogen and oxygen atoms in total. The summed E-state index contributed by atoms with van der Waals surface area (Å²) in [7, 11) is -3.70. The Morgan fingerprint density at radius 1 is 0.551 bits per heavy atom. The topological polar surface area (TPSA) is 0 Å². The quantitative estimate of drug-likeness (QED) is 0.151. The van der Waals surface area contributed by atoms with E-state index in [-0.39, 0.29) is 23.1 Å². The molecular formula is C35H33F12P2. The Morgan fingerprint density at radius 3 is 1.22 bits per heavy atom. The van der Waals surface area contributed by atoms with Crippen LogP contribution in [0, 0.1) is 6.08 Å². The van der Waals surface area contributed by atoms with Gasteiger partial charge in [0, 0.05) is 11.0 Å². The Hall–Kier alpha value is -2.28. The molecule has 2 aromatic carbocycles. The number of benzene rings is 2. The van der Waals surface area contributed by atoms with Crippen molar-refractivity contribution in [1.82, 2.24) is 0 Å². The van der Waals surface area contributed by atoms with Gasteiger partial charge in [0.1, 0.15) is 0 Å². The van der Waals surface area contributed by atoms with E-state index in [4.69, 9.17) is 0 Å². The lowest BCUT2D eigenvalue weighted by Gasteiger charge is -2.43. The van der Waals surface area contributed by atoms with Crippen molar-refractivity contribution in [3.05, 3.63) is 87.4 Å². The van der Waals surface area contributed by atoms with Crippen LogP contribution in [0.4, 0.5) is 52.7 Å². The van der Waals surface area contributed by atoms with Gasteiger partial charge in [-0.15, -0.1) is 5.73 Å². The highest BCUT2D eigenvalue weighted by Crippen LogP contribution is 2.63. The van der Waals surface area contributed by atoms with E-state index in [2.05, 4.69) is 11.8 Å². The first-order valence-corrected chi connectivity index (χ1v) is 18.9. The Bertz CT molecular complexity index is 1440. The van der Waals surface area contributed by atoms with Crippen LogP contribution in [-0.2, 0) is 24.7 Å². The van der Waals surface area contributed by atoms with Crippen molar-refractivity contribution in [2.45, 2.75) is 113 Å². The fraction of sp³-hybridized carbons (Fsp3) is 0.514. The van der Waals surface area contributed by atoms with E-state index in [9.17, 15) is 52.7 Å². The first kappa shape index (κ1) is 38.0. The van der Waals surface area contributed by atoms with Gasteiger partial charge in [0.15, 0.2) is 0 Å². The number of alkyl halides is 12. The molecule has 1 atom stereocenters. The molecule has 0 N–H and O–H groups in total. The van der Waals surface area contributed by atoms with Crippen LogP contribution < -0.4 is 10.6 Å². The van der Waals surface area contributed by atoms with Gasteiger partial charge in [-0.25, -0.2) is 0 Å². The summed E-state index contributed by atoms with van der Waals surface area (Å²) < 4.78 is 168. The van der Waals surface area contributed by atoms with Gasteiger partial charge in [-0.2, -0.15) is 52.7 Å². The highest BCUT2D eigenvalue weighted by molar-refractivity contribution is 7.77. The van der Waals surface area contributed by atoms with Crippen molar-refractivity contribution in [3.8, 4) is 0 Å². The number of rotatable bonds is 7. The number of allylic oxidation sites excluding steroid dienone is 3. The van der Waals surface area contributed by atoms with Crippen LogP contribution in [0.5, 0.6) is 0 Å². The molecule has 14 heteroatoms. The van der Waals surface area contributed by atoms with Crippen LogP contribution in [0.3, 0.4) is 0 Å². The van der Waals surface area contributed by atoms with E-state index in [1.165, 1.54) is 6.08 Å². The van der Waals surface area contributed by atoms with Crippen LogP contribution in [0.15, 0.2) is 59.1 Å². The fourth-order valence-corrected chi connectivity index (χ4v) is 14.2. The second kappa shape index (κ2) is 14.4. The smallest absolute Gasteiger partial charge is 0.166 e. The van der Waals surface area contributed by atoms with Crippen molar-refractivity contribution in [1.29, 1.82) is 0 Å². The molecule has 0 heterocycles. The molecule has 1 radical (unpaired) electrons. The van der Waals surface area contributed by atoms with Gasteiger partial charge in [-0.05, 0) is 110 Å². The minimum absolute atomic E-state index is 0.0125. The van der Waals surface area contributed by atoms with E-state index >= 15 is 0 Å². The highest BCUT2D eigenvalue weighted by atomic mass is 31.1. The van der Waals surface area contributed by atoms with E-state index in [1.807, 2.05) is 6.92 Å². The SMILES string of the molecule is C[C@H](C1=[C]C=C=C1P(c1cc(C(F)(F)F)cc(C(F)(F)F)c1)c1cc(C(F)(F)F)cc(C(F)(F)F)c1)P(C1CCCCC1)C1CCCCC1. The Morgan fingerprint density at radius 2 is 0.898 bits per heavy atom. The van der Waals surface area contributed by atoms with Crippen molar-refractivity contribution in [3.63, 3.8) is 0 Å². The Labute approximate surface area is 279 Å². The average Bonchev–Trinajstić information content (AvgIpc) is 3.50. The molecule has 0 aliphatic heterocycles. The summed E-state index contributed by atoms with van der Waals surface area (Å²) in [5, 5.41) is -1.39. The van der Waals surface area contributed by atoms with Gasteiger partial charge < -0.3 is 0 Å². The lowest BCUT2D eigenvalue weighted by atomic mass is 9.99. The van der Waals surface area contributed by atoms with Crippen LogP contribution in [0.2, 0.25) is 0 Å².